The second-order valence-corrected chi connectivity index (χ2v) is 8.97. The van der Waals surface area contributed by atoms with Gasteiger partial charge in [-0.05, 0) is 58.9 Å². The number of phenolic OH excluding ortho intramolecular Hbond substituents is 1. The van der Waals surface area contributed by atoms with Crippen LogP contribution in [0.2, 0.25) is 0 Å². The standard InChI is InChI=1S/C20H28FN5O5/c1-19(2,3)30-17(28)10-12(22-18(29)31-20(4,5)6)9-16-23-25-26(24-16)13-7-8-15(27)14(21)11-13/h7-8,11-12,27H,9-10H2,1-6H3,(H,22,29)/t12-/m0/s1. The quantitative estimate of drug-likeness (QED) is 0.660. The van der Waals surface area contributed by atoms with Gasteiger partial charge in [0, 0.05) is 18.5 Å². The molecule has 0 bridgehead atoms. The van der Waals surface area contributed by atoms with Crippen LogP contribution >= 0.6 is 0 Å². The largest absolute Gasteiger partial charge is 0.505 e. The minimum atomic E-state index is -0.828. The van der Waals surface area contributed by atoms with Gasteiger partial charge < -0.3 is 19.9 Å². The third-order valence-electron chi connectivity index (χ3n) is 3.60. The number of rotatable bonds is 6. The highest BCUT2D eigenvalue weighted by molar-refractivity contribution is 5.73. The van der Waals surface area contributed by atoms with Crippen molar-refractivity contribution in [2.75, 3.05) is 0 Å². The van der Waals surface area contributed by atoms with Crippen molar-refractivity contribution in [2.24, 2.45) is 0 Å². The number of tetrazole rings is 1. The number of aromatic hydroxyl groups is 1. The Bertz CT molecular complexity index is 903. The van der Waals surface area contributed by atoms with E-state index in [2.05, 4.69) is 20.7 Å². The third kappa shape index (κ3) is 8.19. The van der Waals surface area contributed by atoms with E-state index in [1.807, 2.05) is 0 Å². The average molecular weight is 437 g/mol. The molecule has 2 aromatic rings. The summed E-state index contributed by atoms with van der Waals surface area (Å²) in [5.41, 5.74) is -1.15. The number of nitrogens with zero attached hydrogens (tertiary/aromatic N) is 4. The molecule has 0 saturated heterocycles. The van der Waals surface area contributed by atoms with E-state index in [0.29, 0.717) is 0 Å². The van der Waals surface area contributed by atoms with Crippen LogP contribution in [0.3, 0.4) is 0 Å². The maximum absolute atomic E-state index is 13.6. The summed E-state index contributed by atoms with van der Waals surface area (Å²) in [5.74, 6) is -1.63. The van der Waals surface area contributed by atoms with E-state index in [1.54, 1.807) is 41.5 Å². The molecule has 10 nitrogen and oxygen atoms in total. The maximum Gasteiger partial charge on any atom is 0.407 e. The van der Waals surface area contributed by atoms with Gasteiger partial charge in [-0.25, -0.2) is 9.18 Å². The molecule has 0 aliphatic rings. The normalized spacial score (nSPS) is 12.9. The molecule has 0 aliphatic heterocycles. The van der Waals surface area contributed by atoms with Gasteiger partial charge in [0.25, 0.3) is 0 Å². The van der Waals surface area contributed by atoms with E-state index in [-0.39, 0.29) is 24.4 Å². The number of alkyl carbamates (subject to hydrolysis) is 1. The van der Waals surface area contributed by atoms with Crippen LogP contribution < -0.4 is 5.32 Å². The van der Waals surface area contributed by atoms with Crippen molar-refractivity contribution >= 4 is 12.1 Å². The fourth-order valence-electron chi connectivity index (χ4n) is 2.51. The number of amides is 1. The first-order valence-corrected chi connectivity index (χ1v) is 9.71. The molecule has 1 amide bonds. The number of carbonyl (C=O) groups excluding carboxylic acids is 2. The molecule has 0 aliphatic carbocycles. The maximum atomic E-state index is 13.6. The predicted molar refractivity (Wildman–Crippen MR) is 108 cm³/mol. The Balaban J connectivity index is 2.15. The molecule has 0 radical (unpaired) electrons. The van der Waals surface area contributed by atoms with E-state index >= 15 is 0 Å². The van der Waals surface area contributed by atoms with Gasteiger partial charge in [-0.2, -0.15) is 0 Å². The summed E-state index contributed by atoms with van der Waals surface area (Å²) in [6.45, 7) is 10.4. The second kappa shape index (κ2) is 9.27. The zero-order chi connectivity index (χ0) is 23.4. The van der Waals surface area contributed by atoms with E-state index < -0.39 is 40.9 Å². The molecule has 2 rings (SSSR count). The number of carbonyl (C=O) groups is 2. The van der Waals surface area contributed by atoms with Crippen LogP contribution in [0, 0.1) is 5.82 Å². The van der Waals surface area contributed by atoms with Crippen LogP contribution in [-0.2, 0) is 20.7 Å². The molecular formula is C20H28FN5O5. The highest BCUT2D eigenvalue weighted by atomic mass is 19.1. The number of halogens is 1. The molecule has 0 saturated carbocycles. The first-order valence-electron chi connectivity index (χ1n) is 9.71. The van der Waals surface area contributed by atoms with Gasteiger partial charge >= 0.3 is 12.1 Å². The zero-order valence-corrected chi connectivity index (χ0v) is 18.5. The molecular weight excluding hydrogens is 409 g/mol. The van der Waals surface area contributed by atoms with Crippen LogP contribution in [0.1, 0.15) is 53.8 Å². The monoisotopic (exact) mass is 437 g/mol. The van der Waals surface area contributed by atoms with Gasteiger partial charge in [0.2, 0.25) is 0 Å². The van der Waals surface area contributed by atoms with E-state index in [0.717, 1.165) is 10.9 Å². The number of ether oxygens (including phenoxy) is 2. The van der Waals surface area contributed by atoms with E-state index in [4.69, 9.17) is 9.47 Å². The van der Waals surface area contributed by atoms with Crippen molar-refractivity contribution in [3.63, 3.8) is 0 Å². The van der Waals surface area contributed by atoms with Crippen molar-refractivity contribution in [3.05, 3.63) is 29.8 Å². The fourth-order valence-corrected chi connectivity index (χ4v) is 2.51. The van der Waals surface area contributed by atoms with Crippen molar-refractivity contribution in [3.8, 4) is 11.4 Å². The van der Waals surface area contributed by atoms with Crippen LogP contribution in [0.15, 0.2) is 18.2 Å². The fraction of sp³-hybridized carbons (Fsp3) is 0.550. The lowest BCUT2D eigenvalue weighted by molar-refractivity contribution is -0.155. The number of esters is 1. The van der Waals surface area contributed by atoms with E-state index in [1.165, 1.54) is 12.1 Å². The zero-order valence-electron chi connectivity index (χ0n) is 18.5. The Kier molecular flexibility index (Phi) is 7.19. The van der Waals surface area contributed by atoms with Crippen molar-refractivity contribution in [1.82, 2.24) is 25.5 Å². The number of aromatic nitrogens is 4. The van der Waals surface area contributed by atoms with Gasteiger partial charge in [0.1, 0.15) is 11.2 Å². The Morgan fingerprint density at radius 1 is 1.16 bits per heavy atom. The SMILES string of the molecule is CC(C)(C)OC(=O)C[C@H](Cc1nnn(-c2ccc(O)c(F)c2)n1)NC(=O)OC(C)(C)C. The van der Waals surface area contributed by atoms with Crippen LogP contribution in [0.25, 0.3) is 5.69 Å². The molecule has 1 aromatic carbocycles. The summed E-state index contributed by atoms with van der Waals surface area (Å²) in [7, 11) is 0. The molecule has 31 heavy (non-hydrogen) atoms. The number of benzene rings is 1. The Hall–Kier alpha value is -3.24. The smallest absolute Gasteiger partial charge is 0.407 e. The minimum absolute atomic E-state index is 0.0546. The van der Waals surface area contributed by atoms with Crippen LogP contribution in [-0.4, -0.2) is 54.6 Å². The number of nitrogens with one attached hydrogen (secondary N) is 1. The number of phenols is 1. The lowest BCUT2D eigenvalue weighted by Crippen LogP contribution is -2.42. The van der Waals surface area contributed by atoms with Crippen LogP contribution in [0.4, 0.5) is 9.18 Å². The highest BCUT2D eigenvalue weighted by Gasteiger charge is 2.26. The molecule has 11 heteroatoms. The molecule has 170 valence electrons. The third-order valence-corrected chi connectivity index (χ3v) is 3.60. The highest BCUT2D eigenvalue weighted by Crippen LogP contribution is 2.18. The van der Waals surface area contributed by atoms with Gasteiger partial charge in [-0.15, -0.1) is 15.0 Å². The molecule has 0 fully saturated rings. The van der Waals surface area contributed by atoms with Gasteiger partial charge in [-0.3, -0.25) is 4.79 Å². The summed E-state index contributed by atoms with van der Waals surface area (Å²) in [4.78, 5) is 25.6. The lowest BCUT2D eigenvalue weighted by atomic mass is 10.1. The van der Waals surface area contributed by atoms with E-state index in [9.17, 15) is 19.1 Å². The molecule has 0 spiro atoms. The first kappa shape index (κ1) is 24.0. The van der Waals surface area contributed by atoms with Gasteiger partial charge in [0.15, 0.2) is 17.4 Å². The Morgan fingerprint density at radius 2 is 1.81 bits per heavy atom. The lowest BCUT2D eigenvalue weighted by Gasteiger charge is -2.24. The molecule has 0 unspecified atom stereocenters. The number of hydrogen-bond donors (Lipinski definition) is 2. The molecule has 1 heterocycles. The molecule has 1 atom stereocenters. The molecule has 2 N–H and O–H groups in total. The van der Waals surface area contributed by atoms with Crippen molar-refractivity contribution in [1.29, 1.82) is 0 Å². The van der Waals surface area contributed by atoms with Crippen LogP contribution in [0.5, 0.6) is 5.75 Å². The predicted octanol–water partition coefficient (Wildman–Crippen LogP) is 2.67. The van der Waals surface area contributed by atoms with Crippen molar-refractivity contribution < 1.29 is 28.6 Å². The second-order valence-electron chi connectivity index (χ2n) is 8.97. The van der Waals surface area contributed by atoms with Gasteiger partial charge in [-0.1, -0.05) is 0 Å². The Morgan fingerprint density at radius 3 is 2.39 bits per heavy atom. The summed E-state index contributed by atoms with van der Waals surface area (Å²) >= 11 is 0. The number of hydrogen-bond acceptors (Lipinski definition) is 8. The Labute approximate surface area is 179 Å². The summed E-state index contributed by atoms with van der Waals surface area (Å²) < 4.78 is 24.2. The minimum Gasteiger partial charge on any atom is -0.505 e. The van der Waals surface area contributed by atoms with Crippen molar-refractivity contribution in [2.45, 2.75) is 71.6 Å². The summed E-state index contributed by atoms with van der Waals surface area (Å²) in [6.07, 6.45) is -0.785. The summed E-state index contributed by atoms with van der Waals surface area (Å²) in [6, 6.07) is 2.92. The molecule has 1 aromatic heterocycles. The average Bonchev–Trinajstić information content (AvgIpc) is 3.02. The summed E-state index contributed by atoms with van der Waals surface area (Å²) in [5, 5.41) is 23.9. The topological polar surface area (TPSA) is 128 Å². The van der Waals surface area contributed by atoms with Gasteiger partial charge in [0.05, 0.1) is 12.1 Å². The first-order chi connectivity index (χ1) is 14.2.